The van der Waals surface area contributed by atoms with E-state index in [1.807, 2.05) is 48.5 Å². The predicted molar refractivity (Wildman–Crippen MR) is 142 cm³/mol. The van der Waals surface area contributed by atoms with Crippen molar-refractivity contribution in [2.45, 2.75) is 18.8 Å². The SMILES string of the molecule is O=C1CC(c2cccs2)Cc2nc(N3CCN(c4ccccc4F)CC3)nc(Nc3ccccc3)c21. The van der Waals surface area contributed by atoms with Crippen LogP contribution in [0, 0.1) is 5.82 Å². The van der Waals surface area contributed by atoms with E-state index in [4.69, 9.17) is 9.97 Å². The summed E-state index contributed by atoms with van der Waals surface area (Å²) in [6.07, 6.45) is 1.16. The number of ketones is 1. The number of halogens is 1. The van der Waals surface area contributed by atoms with Crippen molar-refractivity contribution in [2.75, 3.05) is 41.3 Å². The molecular formula is C28H26FN5OS. The zero-order chi connectivity index (χ0) is 24.5. The largest absolute Gasteiger partial charge is 0.366 e. The van der Waals surface area contributed by atoms with E-state index in [1.165, 1.54) is 10.9 Å². The van der Waals surface area contributed by atoms with Gasteiger partial charge in [-0.15, -0.1) is 11.3 Å². The first-order valence-corrected chi connectivity index (χ1v) is 13.1. The second kappa shape index (κ2) is 9.70. The number of carbonyl (C=O) groups excluding carboxylic acids is 1. The van der Waals surface area contributed by atoms with Crippen LogP contribution in [0.5, 0.6) is 0 Å². The minimum atomic E-state index is -0.205. The highest BCUT2D eigenvalue weighted by Crippen LogP contribution is 2.38. The van der Waals surface area contributed by atoms with Crippen molar-refractivity contribution in [1.82, 2.24) is 9.97 Å². The van der Waals surface area contributed by atoms with Gasteiger partial charge in [-0.25, -0.2) is 9.37 Å². The van der Waals surface area contributed by atoms with Crippen molar-refractivity contribution < 1.29 is 9.18 Å². The van der Waals surface area contributed by atoms with Gasteiger partial charge >= 0.3 is 0 Å². The Kier molecular flexibility index (Phi) is 6.11. The van der Waals surface area contributed by atoms with Crippen LogP contribution in [0.15, 0.2) is 72.1 Å². The van der Waals surface area contributed by atoms with E-state index in [-0.39, 0.29) is 17.5 Å². The average Bonchev–Trinajstić information content (AvgIpc) is 3.45. The minimum absolute atomic E-state index is 0.0732. The lowest BCUT2D eigenvalue weighted by Gasteiger charge is -2.36. The van der Waals surface area contributed by atoms with Crippen LogP contribution in [0.2, 0.25) is 0 Å². The number of Topliss-reactive ketones (excluding diaryl/α,β-unsaturated/α-hetero) is 1. The Balaban J connectivity index is 1.32. The molecule has 6 rings (SSSR count). The van der Waals surface area contributed by atoms with Crippen molar-refractivity contribution in [1.29, 1.82) is 0 Å². The van der Waals surface area contributed by atoms with Crippen molar-refractivity contribution in [3.8, 4) is 0 Å². The smallest absolute Gasteiger partial charge is 0.227 e. The molecule has 2 aliphatic rings. The van der Waals surface area contributed by atoms with E-state index in [0.29, 0.717) is 62.0 Å². The van der Waals surface area contributed by atoms with Gasteiger partial charge in [-0.2, -0.15) is 4.98 Å². The Bertz CT molecular complexity index is 1370. The third kappa shape index (κ3) is 4.44. The van der Waals surface area contributed by atoms with Crippen LogP contribution in [-0.2, 0) is 6.42 Å². The molecule has 1 atom stereocenters. The number of anilines is 4. The second-order valence-electron chi connectivity index (χ2n) is 9.15. The third-order valence-electron chi connectivity index (χ3n) is 6.86. The fraction of sp³-hybridized carbons (Fsp3) is 0.250. The lowest BCUT2D eigenvalue weighted by Crippen LogP contribution is -2.47. The average molecular weight is 500 g/mol. The van der Waals surface area contributed by atoms with Gasteiger partial charge in [-0.3, -0.25) is 4.79 Å². The summed E-state index contributed by atoms with van der Waals surface area (Å²) in [6, 6.07) is 20.8. The molecule has 1 fully saturated rings. The molecule has 0 radical (unpaired) electrons. The maximum atomic E-state index is 14.3. The number of fused-ring (bicyclic) bond motifs is 1. The molecule has 0 saturated carbocycles. The number of benzene rings is 2. The van der Waals surface area contributed by atoms with E-state index in [1.54, 1.807) is 17.4 Å². The Morgan fingerprint density at radius 1 is 0.861 bits per heavy atom. The molecule has 36 heavy (non-hydrogen) atoms. The van der Waals surface area contributed by atoms with E-state index in [0.717, 1.165) is 11.4 Å². The number of hydrogen-bond donors (Lipinski definition) is 1. The van der Waals surface area contributed by atoms with Crippen LogP contribution in [0.3, 0.4) is 0 Å². The van der Waals surface area contributed by atoms with Crippen LogP contribution < -0.4 is 15.1 Å². The molecule has 182 valence electrons. The number of rotatable bonds is 5. The van der Waals surface area contributed by atoms with Gasteiger partial charge in [0.05, 0.1) is 16.9 Å². The Hall–Kier alpha value is -3.78. The highest BCUT2D eigenvalue weighted by molar-refractivity contribution is 7.10. The summed E-state index contributed by atoms with van der Waals surface area (Å²) in [7, 11) is 0. The predicted octanol–water partition coefficient (Wildman–Crippen LogP) is 5.66. The Morgan fingerprint density at radius 2 is 1.61 bits per heavy atom. The van der Waals surface area contributed by atoms with Gasteiger partial charge in [0.15, 0.2) is 5.78 Å². The van der Waals surface area contributed by atoms with Gasteiger partial charge in [0.1, 0.15) is 11.6 Å². The number of carbonyl (C=O) groups is 1. The number of aromatic nitrogens is 2. The molecular weight excluding hydrogens is 473 g/mol. The molecule has 1 aliphatic carbocycles. The molecule has 0 bridgehead atoms. The summed E-state index contributed by atoms with van der Waals surface area (Å²) < 4.78 is 14.3. The number of thiophene rings is 1. The summed E-state index contributed by atoms with van der Waals surface area (Å²) in [5.41, 5.74) is 2.89. The molecule has 8 heteroatoms. The fourth-order valence-electron chi connectivity index (χ4n) is 5.04. The monoisotopic (exact) mass is 499 g/mol. The topological polar surface area (TPSA) is 61.4 Å². The van der Waals surface area contributed by atoms with E-state index < -0.39 is 0 Å². The molecule has 1 aliphatic heterocycles. The van der Waals surface area contributed by atoms with Crippen LogP contribution in [0.25, 0.3) is 0 Å². The number of piperazine rings is 1. The van der Waals surface area contributed by atoms with Crippen molar-refractivity contribution >= 4 is 40.3 Å². The molecule has 1 N–H and O–H groups in total. The Labute approximate surface area is 213 Å². The molecule has 1 unspecified atom stereocenters. The van der Waals surface area contributed by atoms with Crippen LogP contribution in [0.4, 0.5) is 27.5 Å². The van der Waals surface area contributed by atoms with Crippen LogP contribution in [-0.4, -0.2) is 41.9 Å². The molecule has 6 nitrogen and oxygen atoms in total. The van der Waals surface area contributed by atoms with E-state index in [9.17, 15) is 9.18 Å². The Morgan fingerprint density at radius 3 is 2.36 bits per heavy atom. The number of hydrogen-bond acceptors (Lipinski definition) is 7. The summed E-state index contributed by atoms with van der Waals surface area (Å²) in [5.74, 6) is 1.18. The van der Waals surface area contributed by atoms with E-state index >= 15 is 0 Å². The number of nitrogens with one attached hydrogen (secondary N) is 1. The highest BCUT2D eigenvalue weighted by atomic mass is 32.1. The van der Waals surface area contributed by atoms with Gasteiger partial charge in [0, 0.05) is 49.1 Å². The molecule has 4 aromatic rings. The second-order valence-corrected chi connectivity index (χ2v) is 10.1. The van der Waals surface area contributed by atoms with Crippen molar-refractivity contribution in [3.63, 3.8) is 0 Å². The summed E-state index contributed by atoms with van der Waals surface area (Å²) in [5, 5.41) is 5.43. The maximum absolute atomic E-state index is 14.3. The first kappa shape index (κ1) is 22.7. The van der Waals surface area contributed by atoms with Crippen LogP contribution in [0.1, 0.15) is 33.3 Å². The molecule has 0 amide bonds. The summed E-state index contributed by atoms with van der Waals surface area (Å²) in [4.78, 5) is 28.5. The normalized spacial score (nSPS) is 17.7. The summed E-state index contributed by atoms with van der Waals surface area (Å²) in [6.45, 7) is 2.67. The number of nitrogens with zero attached hydrogens (tertiary/aromatic N) is 4. The molecule has 3 heterocycles. The molecule has 2 aromatic carbocycles. The maximum Gasteiger partial charge on any atom is 0.227 e. The fourth-order valence-corrected chi connectivity index (χ4v) is 5.87. The van der Waals surface area contributed by atoms with Gasteiger partial charge in [-0.05, 0) is 42.1 Å². The van der Waals surface area contributed by atoms with Gasteiger partial charge in [0.25, 0.3) is 0 Å². The molecule has 1 saturated heterocycles. The first-order chi connectivity index (χ1) is 17.7. The number of para-hydroxylation sites is 2. The van der Waals surface area contributed by atoms with Gasteiger partial charge in [-0.1, -0.05) is 36.4 Å². The molecule has 2 aromatic heterocycles. The minimum Gasteiger partial charge on any atom is -0.366 e. The third-order valence-corrected chi connectivity index (χ3v) is 7.90. The zero-order valence-electron chi connectivity index (χ0n) is 19.7. The lowest BCUT2D eigenvalue weighted by atomic mass is 9.85. The quantitative estimate of drug-likeness (QED) is 0.382. The summed E-state index contributed by atoms with van der Waals surface area (Å²) >= 11 is 1.69. The standard InChI is InChI=1S/C28H26FN5OS/c29-21-9-4-5-10-23(21)33-12-14-34(15-13-33)28-31-22-17-19(25-11-6-16-36-25)18-24(35)26(22)27(32-28)30-20-7-2-1-3-8-20/h1-11,16,19H,12-15,17-18H2,(H,30,31,32). The van der Waals surface area contributed by atoms with Crippen LogP contribution >= 0.6 is 11.3 Å². The highest BCUT2D eigenvalue weighted by Gasteiger charge is 2.33. The van der Waals surface area contributed by atoms with Gasteiger partial charge < -0.3 is 15.1 Å². The molecule has 0 spiro atoms. The first-order valence-electron chi connectivity index (χ1n) is 12.2. The van der Waals surface area contributed by atoms with Crippen molar-refractivity contribution in [2.24, 2.45) is 0 Å². The van der Waals surface area contributed by atoms with E-state index in [2.05, 4.69) is 26.6 Å². The van der Waals surface area contributed by atoms with Crippen molar-refractivity contribution in [3.05, 3.63) is 94.1 Å². The lowest BCUT2D eigenvalue weighted by molar-refractivity contribution is 0.0964. The zero-order valence-corrected chi connectivity index (χ0v) is 20.5. The van der Waals surface area contributed by atoms with Gasteiger partial charge in [0.2, 0.25) is 5.95 Å².